The lowest BCUT2D eigenvalue weighted by atomic mass is 10.1. The van der Waals surface area contributed by atoms with E-state index in [9.17, 15) is 0 Å². The summed E-state index contributed by atoms with van der Waals surface area (Å²) in [4.78, 5) is 0. The summed E-state index contributed by atoms with van der Waals surface area (Å²) in [5, 5.41) is 8.41. The molecule has 0 spiro atoms. The van der Waals surface area contributed by atoms with Crippen LogP contribution in [0.15, 0.2) is 0 Å². The van der Waals surface area contributed by atoms with Gasteiger partial charge in [0.15, 0.2) is 0 Å². The fourth-order valence-electron chi connectivity index (χ4n) is 0.901. The minimum Gasteiger partial charge on any atom is -0.377 e. The Morgan fingerprint density at radius 3 is 2.75 bits per heavy atom. The van der Waals surface area contributed by atoms with Crippen molar-refractivity contribution in [2.75, 3.05) is 6.61 Å². The van der Waals surface area contributed by atoms with Crippen LogP contribution in [0.4, 0.5) is 0 Å². The number of hydrogen-bond acceptors (Lipinski definition) is 2. The van der Waals surface area contributed by atoms with Crippen molar-refractivity contribution in [1.82, 2.24) is 0 Å². The SMILES string of the molecule is C[C@H]1OCC[C@@H]1C#N. The zero-order valence-electron chi connectivity index (χ0n) is 4.92. The number of hydrogen-bond donors (Lipinski definition) is 0. The van der Waals surface area contributed by atoms with Crippen molar-refractivity contribution in [3.05, 3.63) is 0 Å². The van der Waals surface area contributed by atoms with E-state index >= 15 is 0 Å². The maximum atomic E-state index is 8.41. The van der Waals surface area contributed by atoms with Crippen LogP contribution in [0.3, 0.4) is 0 Å². The standard InChI is InChI=1S/C6H9NO/c1-5-6(4-7)2-3-8-5/h5-6H,2-3H2,1H3/t5-,6-/m1/s1. The summed E-state index contributed by atoms with van der Waals surface area (Å²) in [6.07, 6.45) is 1.08. The van der Waals surface area contributed by atoms with Crippen LogP contribution in [-0.4, -0.2) is 12.7 Å². The Hall–Kier alpha value is -0.550. The number of nitrogens with zero attached hydrogens (tertiary/aromatic N) is 1. The first-order valence-corrected chi connectivity index (χ1v) is 2.86. The van der Waals surface area contributed by atoms with Crippen LogP contribution in [0.1, 0.15) is 13.3 Å². The summed E-state index contributed by atoms with van der Waals surface area (Å²) in [5.74, 6) is 0.148. The molecule has 0 unspecified atom stereocenters. The van der Waals surface area contributed by atoms with Crippen LogP contribution in [0.2, 0.25) is 0 Å². The Kier molecular flexibility index (Phi) is 1.50. The van der Waals surface area contributed by atoms with Gasteiger partial charge in [-0.2, -0.15) is 5.26 Å². The zero-order valence-corrected chi connectivity index (χ0v) is 4.92. The normalized spacial score (nSPS) is 37.0. The Morgan fingerprint density at radius 1 is 1.75 bits per heavy atom. The Morgan fingerprint density at radius 2 is 2.50 bits per heavy atom. The average molecular weight is 111 g/mol. The second-order valence-electron chi connectivity index (χ2n) is 2.10. The minimum atomic E-state index is 0.148. The van der Waals surface area contributed by atoms with Gasteiger partial charge >= 0.3 is 0 Å². The fourth-order valence-corrected chi connectivity index (χ4v) is 0.901. The third-order valence-corrected chi connectivity index (χ3v) is 1.54. The van der Waals surface area contributed by atoms with Gasteiger partial charge in [-0.05, 0) is 13.3 Å². The van der Waals surface area contributed by atoms with E-state index in [1.807, 2.05) is 6.92 Å². The first kappa shape index (κ1) is 5.58. The second-order valence-corrected chi connectivity index (χ2v) is 2.10. The predicted molar refractivity (Wildman–Crippen MR) is 29.1 cm³/mol. The molecule has 0 radical (unpaired) electrons. The quantitative estimate of drug-likeness (QED) is 0.466. The Bertz CT molecular complexity index is 116. The molecular weight excluding hydrogens is 102 g/mol. The molecule has 0 aromatic rings. The molecule has 8 heavy (non-hydrogen) atoms. The van der Waals surface area contributed by atoms with E-state index in [0.29, 0.717) is 0 Å². The maximum Gasteiger partial charge on any atom is 0.0744 e. The molecule has 1 aliphatic heterocycles. The van der Waals surface area contributed by atoms with Gasteiger partial charge in [0.2, 0.25) is 0 Å². The van der Waals surface area contributed by atoms with Crippen molar-refractivity contribution in [3.8, 4) is 6.07 Å². The van der Waals surface area contributed by atoms with Gasteiger partial charge in [0.1, 0.15) is 0 Å². The van der Waals surface area contributed by atoms with E-state index in [1.165, 1.54) is 0 Å². The van der Waals surface area contributed by atoms with Gasteiger partial charge in [0, 0.05) is 6.61 Å². The van der Waals surface area contributed by atoms with Crippen molar-refractivity contribution < 1.29 is 4.74 Å². The molecule has 1 saturated heterocycles. The molecule has 0 aromatic heterocycles. The molecule has 1 aliphatic rings. The summed E-state index contributed by atoms with van der Waals surface area (Å²) in [6.45, 7) is 2.71. The molecule has 1 heterocycles. The molecule has 0 amide bonds. The van der Waals surface area contributed by atoms with Gasteiger partial charge in [0.05, 0.1) is 18.1 Å². The van der Waals surface area contributed by atoms with E-state index in [1.54, 1.807) is 0 Å². The highest BCUT2D eigenvalue weighted by Gasteiger charge is 2.22. The molecule has 44 valence electrons. The molecule has 0 aromatic carbocycles. The molecule has 1 fully saturated rings. The predicted octanol–water partition coefficient (Wildman–Crippen LogP) is 0.935. The van der Waals surface area contributed by atoms with Crippen LogP contribution in [0.5, 0.6) is 0 Å². The lowest BCUT2D eigenvalue weighted by molar-refractivity contribution is 0.115. The number of nitriles is 1. The van der Waals surface area contributed by atoms with Crippen molar-refractivity contribution in [3.63, 3.8) is 0 Å². The topological polar surface area (TPSA) is 33.0 Å². The fraction of sp³-hybridized carbons (Fsp3) is 0.833. The zero-order chi connectivity index (χ0) is 5.98. The number of ether oxygens (including phenoxy) is 1. The highest BCUT2D eigenvalue weighted by Crippen LogP contribution is 2.18. The number of rotatable bonds is 0. The first-order valence-electron chi connectivity index (χ1n) is 2.86. The summed E-state index contributed by atoms with van der Waals surface area (Å²) in [5.41, 5.74) is 0. The van der Waals surface area contributed by atoms with Gasteiger partial charge in [-0.25, -0.2) is 0 Å². The van der Waals surface area contributed by atoms with Crippen LogP contribution < -0.4 is 0 Å². The van der Waals surface area contributed by atoms with E-state index in [0.717, 1.165) is 13.0 Å². The first-order chi connectivity index (χ1) is 3.84. The Balaban J connectivity index is 2.45. The Labute approximate surface area is 49.1 Å². The molecule has 2 heteroatoms. The van der Waals surface area contributed by atoms with Gasteiger partial charge < -0.3 is 4.74 Å². The molecule has 0 N–H and O–H groups in total. The van der Waals surface area contributed by atoms with Gasteiger partial charge in [-0.15, -0.1) is 0 Å². The molecule has 0 saturated carbocycles. The van der Waals surface area contributed by atoms with Gasteiger partial charge in [-0.1, -0.05) is 0 Å². The maximum absolute atomic E-state index is 8.41. The summed E-state index contributed by atoms with van der Waals surface area (Å²) in [6, 6.07) is 2.19. The lowest BCUT2D eigenvalue weighted by Gasteiger charge is -2.01. The molecular formula is C6H9NO. The van der Waals surface area contributed by atoms with Gasteiger partial charge in [-0.3, -0.25) is 0 Å². The summed E-state index contributed by atoms with van der Waals surface area (Å²) >= 11 is 0. The minimum absolute atomic E-state index is 0.148. The molecule has 0 aliphatic carbocycles. The molecule has 2 nitrogen and oxygen atoms in total. The van der Waals surface area contributed by atoms with Crippen molar-refractivity contribution in [2.45, 2.75) is 19.4 Å². The highest BCUT2D eigenvalue weighted by molar-refractivity contribution is 4.90. The smallest absolute Gasteiger partial charge is 0.0744 e. The summed E-state index contributed by atoms with van der Waals surface area (Å²) < 4.78 is 5.13. The van der Waals surface area contributed by atoms with E-state index in [2.05, 4.69) is 6.07 Å². The van der Waals surface area contributed by atoms with Crippen LogP contribution in [-0.2, 0) is 4.74 Å². The van der Waals surface area contributed by atoms with Crippen LogP contribution in [0, 0.1) is 17.2 Å². The average Bonchev–Trinajstić information content (AvgIpc) is 2.14. The monoisotopic (exact) mass is 111 g/mol. The lowest BCUT2D eigenvalue weighted by Crippen LogP contribution is -2.07. The van der Waals surface area contributed by atoms with Crippen molar-refractivity contribution >= 4 is 0 Å². The van der Waals surface area contributed by atoms with Crippen LogP contribution in [0.25, 0.3) is 0 Å². The largest absolute Gasteiger partial charge is 0.377 e. The molecule has 1 rings (SSSR count). The molecule has 0 bridgehead atoms. The van der Waals surface area contributed by atoms with Gasteiger partial charge in [0.25, 0.3) is 0 Å². The third kappa shape index (κ3) is 0.823. The third-order valence-electron chi connectivity index (χ3n) is 1.54. The highest BCUT2D eigenvalue weighted by atomic mass is 16.5. The van der Waals surface area contributed by atoms with Crippen molar-refractivity contribution in [1.29, 1.82) is 5.26 Å². The van der Waals surface area contributed by atoms with E-state index < -0.39 is 0 Å². The second kappa shape index (κ2) is 2.15. The van der Waals surface area contributed by atoms with Crippen molar-refractivity contribution in [2.24, 2.45) is 5.92 Å². The van der Waals surface area contributed by atoms with E-state index in [4.69, 9.17) is 10.00 Å². The molecule has 2 atom stereocenters. The van der Waals surface area contributed by atoms with Crippen LogP contribution >= 0.6 is 0 Å². The summed E-state index contributed by atoms with van der Waals surface area (Å²) in [7, 11) is 0. The van der Waals surface area contributed by atoms with E-state index in [-0.39, 0.29) is 12.0 Å².